The van der Waals surface area contributed by atoms with Crippen LogP contribution in [-0.4, -0.2) is 23.7 Å². The molecule has 7 heavy (non-hydrogen) atoms. The fraction of sp³-hybridized carbons (Fsp3) is 0.500. The molecule has 0 saturated carbocycles. The zero-order chi connectivity index (χ0) is 5.28. The molecule has 0 fully saturated rings. The molecule has 0 aliphatic carbocycles. The van der Waals surface area contributed by atoms with Crippen molar-refractivity contribution in [2.24, 2.45) is 4.99 Å². The second kappa shape index (κ2) is 1.80. The van der Waals surface area contributed by atoms with Crippen LogP contribution in [0.4, 0.5) is 0 Å². The lowest BCUT2D eigenvalue weighted by atomic mass is 10.7. The molecule has 0 bridgehead atoms. The molecule has 1 rings (SSSR count). The summed E-state index contributed by atoms with van der Waals surface area (Å²) in [4.78, 5) is 5.36. The van der Waals surface area contributed by atoms with E-state index in [1.54, 1.807) is 11.1 Å². The molecule has 2 radical (unpaired) electrons. The van der Waals surface area contributed by atoms with Crippen LogP contribution in [0, 0.1) is 6.67 Å². The normalized spacial score (nSPS) is 32.0. The number of alkyl halides is 1. The Hall–Kier alpha value is -0.0800. The second-order valence-corrected chi connectivity index (χ2v) is 1.81. The first kappa shape index (κ1) is 5.06. The average Bonchev–Trinajstić information content (AvgIpc) is 1.91. The van der Waals surface area contributed by atoms with Crippen molar-refractivity contribution in [2.45, 2.75) is 5.50 Å². The van der Waals surface area contributed by atoms with Crippen molar-refractivity contribution in [2.75, 3.05) is 7.05 Å². The van der Waals surface area contributed by atoms with Crippen molar-refractivity contribution in [3.63, 3.8) is 0 Å². The topological polar surface area (TPSA) is 15.6 Å². The number of nitrogens with zero attached hydrogens (tertiary/aromatic N) is 2. The Morgan fingerprint density at radius 2 is 2.71 bits per heavy atom. The molecule has 1 atom stereocenters. The molecule has 1 aliphatic rings. The van der Waals surface area contributed by atoms with E-state index < -0.39 is 0 Å². The SMILES string of the molecule is CN1[C]N=CC1Cl. The third kappa shape index (κ3) is 0.924. The summed E-state index contributed by atoms with van der Waals surface area (Å²) < 4.78 is 0. The van der Waals surface area contributed by atoms with E-state index in [2.05, 4.69) is 11.7 Å². The maximum absolute atomic E-state index is 5.58. The molecular formula is C4H5ClN2. The number of aliphatic imine (C=N–C) groups is 1. The van der Waals surface area contributed by atoms with Crippen LogP contribution in [-0.2, 0) is 0 Å². The highest BCUT2D eigenvalue weighted by Gasteiger charge is 2.13. The summed E-state index contributed by atoms with van der Waals surface area (Å²) in [6.07, 6.45) is 1.63. The van der Waals surface area contributed by atoms with E-state index >= 15 is 0 Å². The van der Waals surface area contributed by atoms with Crippen LogP contribution in [0.2, 0.25) is 0 Å². The maximum Gasteiger partial charge on any atom is 0.199 e. The van der Waals surface area contributed by atoms with Gasteiger partial charge in [-0.15, -0.1) is 0 Å². The Morgan fingerprint density at radius 3 is 2.86 bits per heavy atom. The van der Waals surface area contributed by atoms with Crippen molar-refractivity contribution >= 4 is 17.8 Å². The van der Waals surface area contributed by atoms with Crippen molar-refractivity contribution in [3.05, 3.63) is 6.67 Å². The lowest BCUT2D eigenvalue weighted by molar-refractivity contribution is 0.459. The average molecular weight is 117 g/mol. The Morgan fingerprint density at radius 1 is 2.00 bits per heavy atom. The fourth-order valence-corrected chi connectivity index (χ4v) is 0.441. The van der Waals surface area contributed by atoms with Gasteiger partial charge in [-0.3, -0.25) is 9.89 Å². The molecule has 0 aromatic heterocycles. The number of hydrogen-bond donors (Lipinski definition) is 0. The van der Waals surface area contributed by atoms with E-state index in [0.29, 0.717) is 0 Å². The largest absolute Gasteiger partial charge is 0.264 e. The molecule has 0 aromatic rings. The summed E-state index contributed by atoms with van der Waals surface area (Å²) in [6, 6.07) is 0. The van der Waals surface area contributed by atoms with Gasteiger partial charge in [-0.2, -0.15) is 0 Å². The van der Waals surface area contributed by atoms with Crippen LogP contribution < -0.4 is 0 Å². The summed E-state index contributed by atoms with van der Waals surface area (Å²) in [5.41, 5.74) is -0.0833. The summed E-state index contributed by atoms with van der Waals surface area (Å²) in [7, 11) is 1.82. The Balaban J connectivity index is 2.45. The number of hydrogen-bond acceptors (Lipinski definition) is 2. The second-order valence-electron chi connectivity index (χ2n) is 1.36. The quantitative estimate of drug-likeness (QED) is 0.334. The van der Waals surface area contributed by atoms with Gasteiger partial charge in [-0.1, -0.05) is 11.6 Å². The maximum atomic E-state index is 5.58. The van der Waals surface area contributed by atoms with Crippen molar-refractivity contribution in [1.82, 2.24) is 4.90 Å². The molecule has 0 amide bonds. The minimum Gasteiger partial charge on any atom is -0.264 e. The summed E-state index contributed by atoms with van der Waals surface area (Å²) in [6.45, 7) is 2.64. The lowest BCUT2D eigenvalue weighted by Gasteiger charge is -2.05. The van der Waals surface area contributed by atoms with Gasteiger partial charge in [0, 0.05) is 6.21 Å². The molecule has 0 saturated heterocycles. The first-order valence-electron chi connectivity index (χ1n) is 1.96. The minimum absolute atomic E-state index is 0.0833. The minimum atomic E-state index is -0.0833. The van der Waals surface area contributed by atoms with Gasteiger partial charge < -0.3 is 0 Å². The van der Waals surface area contributed by atoms with Gasteiger partial charge in [0.05, 0.1) is 0 Å². The predicted molar refractivity (Wildman–Crippen MR) is 29.1 cm³/mol. The Labute approximate surface area is 47.8 Å². The molecule has 0 N–H and O–H groups in total. The monoisotopic (exact) mass is 116 g/mol. The highest BCUT2D eigenvalue weighted by Crippen LogP contribution is 2.07. The van der Waals surface area contributed by atoms with E-state index in [1.807, 2.05) is 7.05 Å². The van der Waals surface area contributed by atoms with Crippen LogP contribution in [0.1, 0.15) is 0 Å². The first-order chi connectivity index (χ1) is 3.30. The Kier molecular flexibility index (Phi) is 1.30. The van der Waals surface area contributed by atoms with Crippen molar-refractivity contribution < 1.29 is 0 Å². The van der Waals surface area contributed by atoms with Gasteiger partial charge in [-0.05, 0) is 7.05 Å². The van der Waals surface area contributed by atoms with E-state index in [1.165, 1.54) is 0 Å². The van der Waals surface area contributed by atoms with Crippen molar-refractivity contribution in [3.8, 4) is 0 Å². The molecule has 3 heteroatoms. The van der Waals surface area contributed by atoms with Crippen LogP contribution in [0.3, 0.4) is 0 Å². The lowest BCUT2D eigenvalue weighted by Crippen LogP contribution is -2.18. The molecule has 0 spiro atoms. The third-order valence-corrected chi connectivity index (χ3v) is 1.19. The third-order valence-electron chi connectivity index (χ3n) is 0.783. The van der Waals surface area contributed by atoms with E-state index in [-0.39, 0.29) is 5.50 Å². The van der Waals surface area contributed by atoms with Crippen LogP contribution >= 0.6 is 11.6 Å². The van der Waals surface area contributed by atoms with Crippen molar-refractivity contribution in [1.29, 1.82) is 0 Å². The zero-order valence-electron chi connectivity index (χ0n) is 3.93. The molecule has 0 aromatic carbocycles. The molecule has 2 nitrogen and oxygen atoms in total. The summed E-state index contributed by atoms with van der Waals surface area (Å²) >= 11 is 5.58. The van der Waals surface area contributed by atoms with Gasteiger partial charge in [0.1, 0.15) is 5.50 Å². The van der Waals surface area contributed by atoms with E-state index in [0.717, 1.165) is 0 Å². The van der Waals surface area contributed by atoms with E-state index in [9.17, 15) is 0 Å². The van der Waals surface area contributed by atoms with Gasteiger partial charge in [-0.25, -0.2) is 0 Å². The van der Waals surface area contributed by atoms with Crippen LogP contribution in [0.5, 0.6) is 0 Å². The molecule has 38 valence electrons. The molecule has 1 heterocycles. The Bertz CT molecular complexity index is 91.7. The highest BCUT2D eigenvalue weighted by atomic mass is 35.5. The molecule has 1 unspecified atom stereocenters. The highest BCUT2D eigenvalue weighted by molar-refractivity contribution is 6.28. The fourth-order valence-electron chi connectivity index (χ4n) is 0.341. The first-order valence-corrected chi connectivity index (χ1v) is 2.40. The smallest absolute Gasteiger partial charge is 0.199 e. The van der Waals surface area contributed by atoms with Gasteiger partial charge in [0.15, 0.2) is 6.67 Å². The standard InChI is InChI=1S/C4H5ClN2/c1-7-3-6-2-4(7)5/h2,4H,1H3. The number of rotatable bonds is 0. The van der Waals surface area contributed by atoms with Crippen LogP contribution in [0.15, 0.2) is 4.99 Å². The molecule has 1 aliphatic heterocycles. The predicted octanol–water partition coefficient (Wildman–Crippen LogP) is 0.564. The van der Waals surface area contributed by atoms with Gasteiger partial charge in [0.25, 0.3) is 0 Å². The van der Waals surface area contributed by atoms with Gasteiger partial charge >= 0.3 is 0 Å². The number of halogens is 1. The summed E-state index contributed by atoms with van der Waals surface area (Å²) in [5.74, 6) is 0. The van der Waals surface area contributed by atoms with E-state index in [4.69, 9.17) is 11.6 Å². The zero-order valence-corrected chi connectivity index (χ0v) is 4.68. The van der Waals surface area contributed by atoms with Crippen LogP contribution in [0.25, 0.3) is 0 Å². The van der Waals surface area contributed by atoms with Gasteiger partial charge in [0.2, 0.25) is 0 Å². The summed E-state index contributed by atoms with van der Waals surface area (Å²) in [5, 5.41) is 0. The molecular weight excluding hydrogens is 112 g/mol.